The first-order chi connectivity index (χ1) is 9.10. The smallest absolute Gasteiger partial charge is 0.356 e. The van der Waals surface area contributed by atoms with Gasteiger partial charge in [0.1, 0.15) is 0 Å². The second-order valence-electron chi connectivity index (χ2n) is 3.94. The van der Waals surface area contributed by atoms with Crippen molar-refractivity contribution in [2.45, 2.75) is 6.92 Å². The SMILES string of the molecule is COC(=O)c1ccc(N)c(Nc2ccc(C)nc2)n1. The summed E-state index contributed by atoms with van der Waals surface area (Å²) in [5.74, 6) is -0.112. The van der Waals surface area contributed by atoms with E-state index in [1.165, 1.54) is 13.2 Å². The Balaban J connectivity index is 2.28. The normalized spacial score (nSPS) is 10.0. The molecule has 0 aliphatic rings. The van der Waals surface area contributed by atoms with Gasteiger partial charge in [-0.2, -0.15) is 0 Å². The third kappa shape index (κ3) is 2.98. The summed E-state index contributed by atoms with van der Waals surface area (Å²) in [6, 6.07) is 6.83. The summed E-state index contributed by atoms with van der Waals surface area (Å²) in [7, 11) is 1.30. The van der Waals surface area contributed by atoms with Crippen LogP contribution < -0.4 is 11.1 Å². The number of pyridine rings is 2. The second-order valence-corrected chi connectivity index (χ2v) is 3.94. The summed E-state index contributed by atoms with van der Waals surface area (Å²) < 4.78 is 4.61. The summed E-state index contributed by atoms with van der Waals surface area (Å²) in [5, 5.41) is 3.01. The van der Waals surface area contributed by atoms with E-state index < -0.39 is 5.97 Å². The number of ether oxygens (including phenoxy) is 1. The molecule has 6 heteroatoms. The third-order valence-corrected chi connectivity index (χ3v) is 2.50. The molecule has 19 heavy (non-hydrogen) atoms. The Morgan fingerprint density at radius 2 is 2.11 bits per heavy atom. The molecule has 2 aromatic rings. The third-order valence-electron chi connectivity index (χ3n) is 2.50. The predicted molar refractivity (Wildman–Crippen MR) is 72.2 cm³/mol. The molecule has 2 aromatic heterocycles. The number of carbonyl (C=O) groups is 1. The number of aryl methyl sites for hydroxylation is 1. The topological polar surface area (TPSA) is 90.1 Å². The molecule has 0 bridgehead atoms. The molecule has 0 amide bonds. The van der Waals surface area contributed by atoms with E-state index in [0.29, 0.717) is 11.5 Å². The maximum absolute atomic E-state index is 11.4. The Bertz CT molecular complexity index is 596. The Hall–Kier alpha value is -2.63. The van der Waals surface area contributed by atoms with Crippen LogP contribution in [-0.4, -0.2) is 23.0 Å². The Kier molecular flexibility index (Phi) is 3.61. The average molecular weight is 258 g/mol. The minimum atomic E-state index is -0.509. The number of hydrogen-bond acceptors (Lipinski definition) is 6. The highest BCUT2D eigenvalue weighted by Crippen LogP contribution is 2.21. The minimum absolute atomic E-state index is 0.194. The van der Waals surface area contributed by atoms with Gasteiger partial charge in [-0.15, -0.1) is 0 Å². The monoisotopic (exact) mass is 258 g/mol. The van der Waals surface area contributed by atoms with E-state index in [1.54, 1.807) is 12.3 Å². The van der Waals surface area contributed by atoms with Gasteiger partial charge >= 0.3 is 5.97 Å². The standard InChI is InChI=1S/C13H14N4O2/c1-8-3-4-9(7-15-8)16-12-10(14)5-6-11(17-12)13(18)19-2/h3-7H,14H2,1-2H3,(H,16,17). The van der Waals surface area contributed by atoms with E-state index in [0.717, 1.165) is 11.4 Å². The summed E-state index contributed by atoms with van der Waals surface area (Å²) in [6.07, 6.45) is 1.67. The highest BCUT2D eigenvalue weighted by atomic mass is 16.5. The fourth-order valence-corrected chi connectivity index (χ4v) is 1.47. The lowest BCUT2D eigenvalue weighted by Gasteiger charge is -2.09. The van der Waals surface area contributed by atoms with Crippen LogP contribution in [0.25, 0.3) is 0 Å². The fraction of sp³-hybridized carbons (Fsp3) is 0.154. The van der Waals surface area contributed by atoms with Crippen molar-refractivity contribution in [1.82, 2.24) is 9.97 Å². The molecule has 2 heterocycles. The van der Waals surface area contributed by atoms with Gasteiger partial charge in [0, 0.05) is 5.69 Å². The highest BCUT2D eigenvalue weighted by molar-refractivity contribution is 5.88. The quantitative estimate of drug-likeness (QED) is 0.817. The zero-order valence-electron chi connectivity index (χ0n) is 10.7. The van der Waals surface area contributed by atoms with Crippen LogP contribution in [0.1, 0.15) is 16.2 Å². The summed E-state index contributed by atoms with van der Waals surface area (Å²) in [4.78, 5) is 19.7. The van der Waals surface area contributed by atoms with E-state index in [4.69, 9.17) is 5.73 Å². The molecule has 98 valence electrons. The minimum Gasteiger partial charge on any atom is -0.464 e. The van der Waals surface area contributed by atoms with Gasteiger partial charge in [-0.05, 0) is 31.2 Å². The maximum atomic E-state index is 11.4. The molecule has 0 saturated heterocycles. The molecule has 0 aliphatic carbocycles. The van der Waals surface area contributed by atoms with Crippen LogP contribution >= 0.6 is 0 Å². The number of aromatic nitrogens is 2. The molecular weight excluding hydrogens is 244 g/mol. The van der Waals surface area contributed by atoms with Gasteiger partial charge in [0.15, 0.2) is 11.5 Å². The first-order valence-electron chi connectivity index (χ1n) is 5.64. The first kappa shape index (κ1) is 12.8. The van der Waals surface area contributed by atoms with Gasteiger partial charge < -0.3 is 15.8 Å². The fourth-order valence-electron chi connectivity index (χ4n) is 1.47. The lowest BCUT2D eigenvalue weighted by atomic mass is 10.3. The van der Waals surface area contributed by atoms with E-state index in [-0.39, 0.29) is 5.69 Å². The number of methoxy groups -OCH3 is 1. The van der Waals surface area contributed by atoms with Crippen LogP contribution in [0.2, 0.25) is 0 Å². The zero-order chi connectivity index (χ0) is 13.8. The first-order valence-corrected chi connectivity index (χ1v) is 5.64. The lowest BCUT2D eigenvalue weighted by molar-refractivity contribution is 0.0594. The zero-order valence-corrected chi connectivity index (χ0v) is 10.7. The molecule has 0 aromatic carbocycles. The van der Waals surface area contributed by atoms with Gasteiger partial charge in [-0.1, -0.05) is 0 Å². The van der Waals surface area contributed by atoms with Crippen molar-refractivity contribution >= 4 is 23.2 Å². The molecule has 2 rings (SSSR count). The molecular formula is C13H14N4O2. The van der Waals surface area contributed by atoms with Crippen LogP contribution in [0.4, 0.5) is 17.2 Å². The summed E-state index contributed by atoms with van der Waals surface area (Å²) >= 11 is 0. The number of hydrogen-bond donors (Lipinski definition) is 2. The molecule has 0 spiro atoms. The number of anilines is 3. The van der Waals surface area contributed by atoms with E-state index in [9.17, 15) is 4.79 Å². The number of nitrogen functional groups attached to an aromatic ring is 1. The average Bonchev–Trinajstić information content (AvgIpc) is 2.43. The van der Waals surface area contributed by atoms with Gasteiger partial charge in [-0.3, -0.25) is 4.98 Å². The van der Waals surface area contributed by atoms with Crippen molar-refractivity contribution in [1.29, 1.82) is 0 Å². The highest BCUT2D eigenvalue weighted by Gasteiger charge is 2.10. The van der Waals surface area contributed by atoms with Crippen LogP contribution in [0, 0.1) is 6.92 Å². The molecule has 0 aliphatic heterocycles. The number of carbonyl (C=O) groups excluding carboxylic acids is 1. The lowest BCUT2D eigenvalue weighted by Crippen LogP contribution is -2.08. The van der Waals surface area contributed by atoms with Crippen molar-refractivity contribution in [3.05, 3.63) is 41.9 Å². The van der Waals surface area contributed by atoms with Crippen LogP contribution in [-0.2, 0) is 4.74 Å². The summed E-state index contributed by atoms with van der Waals surface area (Å²) in [5.41, 5.74) is 8.10. The van der Waals surface area contributed by atoms with E-state index in [2.05, 4.69) is 20.0 Å². The molecule has 0 saturated carbocycles. The van der Waals surface area contributed by atoms with Crippen molar-refractivity contribution in [3.8, 4) is 0 Å². The number of nitrogens with two attached hydrogens (primary N) is 1. The summed E-state index contributed by atoms with van der Waals surface area (Å²) in [6.45, 7) is 1.90. The molecule has 0 radical (unpaired) electrons. The van der Waals surface area contributed by atoms with Gasteiger partial charge in [0.05, 0.1) is 24.7 Å². The molecule has 0 atom stereocenters. The van der Waals surface area contributed by atoms with Crippen molar-refractivity contribution < 1.29 is 9.53 Å². The Morgan fingerprint density at radius 3 is 2.74 bits per heavy atom. The van der Waals surface area contributed by atoms with Gasteiger partial charge in [0.25, 0.3) is 0 Å². The second kappa shape index (κ2) is 5.34. The van der Waals surface area contributed by atoms with Crippen molar-refractivity contribution in [2.75, 3.05) is 18.2 Å². The largest absolute Gasteiger partial charge is 0.464 e. The van der Waals surface area contributed by atoms with Gasteiger partial charge in [0.2, 0.25) is 0 Å². The molecule has 3 N–H and O–H groups in total. The van der Waals surface area contributed by atoms with Crippen molar-refractivity contribution in [2.24, 2.45) is 0 Å². The molecule has 6 nitrogen and oxygen atoms in total. The molecule has 0 unspecified atom stereocenters. The van der Waals surface area contributed by atoms with Gasteiger partial charge in [-0.25, -0.2) is 9.78 Å². The van der Waals surface area contributed by atoms with Crippen LogP contribution in [0.15, 0.2) is 30.5 Å². The molecule has 0 fully saturated rings. The van der Waals surface area contributed by atoms with Crippen LogP contribution in [0.5, 0.6) is 0 Å². The van der Waals surface area contributed by atoms with E-state index in [1.807, 2.05) is 19.1 Å². The predicted octanol–water partition coefficient (Wildman–Crippen LogP) is 1.90. The number of nitrogens with one attached hydrogen (secondary N) is 1. The maximum Gasteiger partial charge on any atom is 0.356 e. The van der Waals surface area contributed by atoms with Crippen molar-refractivity contribution in [3.63, 3.8) is 0 Å². The van der Waals surface area contributed by atoms with E-state index >= 15 is 0 Å². The Morgan fingerprint density at radius 1 is 1.32 bits per heavy atom. The number of esters is 1. The number of nitrogens with zero attached hydrogens (tertiary/aromatic N) is 2. The van der Waals surface area contributed by atoms with Crippen LogP contribution in [0.3, 0.4) is 0 Å². The number of rotatable bonds is 3. The Labute approximate surface area is 110 Å².